The summed E-state index contributed by atoms with van der Waals surface area (Å²) >= 11 is 0. The summed E-state index contributed by atoms with van der Waals surface area (Å²) in [4.78, 5) is 4.68. The van der Waals surface area contributed by atoms with Crippen LogP contribution in [0.3, 0.4) is 0 Å². The van der Waals surface area contributed by atoms with Crippen LogP contribution in [0.25, 0.3) is 0 Å². The zero-order valence-corrected chi connectivity index (χ0v) is 14.9. The molecule has 0 aliphatic heterocycles. The topological polar surface area (TPSA) is 58.8 Å². The fraction of sp³-hybridized carbons (Fsp3) is 0.421. The number of guanidine groups is 1. The molecule has 0 saturated heterocycles. The van der Waals surface area contributed by atoms with Crippen LogP contribution in [-0.4, -0.2) is 25.2 Å². The molecule has 2 aromatic rings. The minimum atomic E-state index is -0.0591. The van der Waals surface area contributed by atoms with Crippen molar-refractivity contribution >= 4 is 5.96 Å². The van der Waals surface area contributed by atoms with E-state index in [-0.39, 0.29) is 5.54 Å². The van der Waals surface area contributed by atoms with E-state index in [2.05, 4.69) is 36.4 Å². The van der Waals surface area contributed by atoms with Gasteiger partial charge in [-0.05, 0) is 50.6 Å². The number of benzene rings is 1. The number of nitrogens with one attached hydrogen (secondary N) is 2. The number of methoxy groups -OCH3 is 1. The summed E-state index contributed by atoms with van der Waals surface area (Å²) in [5.41, 5.74) is 1.08. The predicted molar refractivity (Wildman–Crippen MR) is 97.4 cm³/mol. The first-order valence-electron chi connectivity index (χ1n) is 8.18. The molecule has 0 radical (unpaired) electrons. The van der Waals surface area contributed by atoms with E-state index in [0.29, 0.717) is 6.54 Å². The number of aliphatic imine (C=N–C) groups is 1. The Hall–Kier alpha value is -2.43. The molecule has 0 saturated carbocycles. The minimum Gasteiger partial charge on any atom is -0.497 e. The van der Waals surface area contributed by atoms with Crippen LogP contribution in [0.15, 0.2) is 52.1 Å². The van der Waals surface area contributed by atoms with Gasteiger partial charge in [0.1, 0.15) is 11.5 Å². The van der Waals surface area contributed by atoms with E-state index in [0.717, 1.165) is 36.0 Å². The van der Waals surface area contributed by atoms with Crippen LogP contribution < -0.4 is 15.4 Å². The smallest absolute Gasteiger partial charge is 0.192 e. The molecule has 1 heterocycles. The Morgan fingerprint density at radius 2 is 1.92 bits per heavy atom. The van der Waals surface area contributed by atoms with E-state index < -0.39 is 0 Å². The monoisotopic (exact) mass is 329 g/mol. The first kappa shape index (κ1) is 17.9. The van der Waals surface area contributed by atoms with Gasteiger partial charge < -0.3 is 19.8 Å². The lowest BCUT2D eigenvalue weighted by Gasteiger charge is -2.24. The van der Waals surface area contributed by atoms with Crippen molar-refractivity contribution < 1.29 is 9.15 Å². The van der Waals surface area contributed by atoms with Gasteiger partial charge in [0.2, 0.25) is 0 Å². The maximum atomic E-state index is 5.36. The van der Waals surface area contributed by atoms with Crippen LogP contribution in [0.5, 0.6) is 5.75 Å². The minimum absolute atomic E-state index is 0.0591. The molecule has 5 heteroatoms. The lowest BCUT2D eigenvalue weighted by atomic mass is 10.1. The summed E-state index contributed by atoms with van der Waals surface area (Å²) < 4.78 is 10.5. The summed E-state index contributed by atoms with van der Waals surface area (Å²) in [6.45, 7) is 7.71. The van der Waals surface area contributed by atoms with Gasteiger partial charge in [-0.25, -0.2) is 4.99 Å². The number of nitrogens with zero attached hydrogens (tertiary/aromatic N) is 1. The Bertz CT molecular complexity index is 626. The quantitative estimate of drug-likeness (QED) is 0.630. The predicted octanol–water partition coefficient (Wildman–Crippen LogP) is 3.36. The first-order valence-corrected chi connectivity index (χ1v) is 8.18. The highest BCUT2D eigenvalue weighted by atomic mass is 16.5. The van der Waals surface area contributed by atoms with E-state index in [1.165, 1.54) is 0 Å². The molecular weight excluding hydrogens is 302 g/mol. The van der Waals surface area contributed by atoms with Gasteiger partial charge >= 0.3 is 0 Å². The Balaban J connectivity index is 1.95. The number of rotatable bonds is 6. The van der Waals surface area contributed by atoms with Crippen molar-refractivity contribution in [2.45, 2.75) is 39.3 Å². The number of ether oxygens (including phenoxy) is 1. The lowest BCUT2D eigenvalue weighted by Crippen LogP contribution is -2.48. The number of furan rings is 1. The summed E-state index contributed by atoms with van der Waals surface area (Å²) in [7, 11) is 1.67. The van der Waals surface area contributed by atoms with Gasteiger partial charge in [0.05, 0.1) is 19.9 Å². The first-order chi connectivity index (χ1) is 11.5. The van der Waals surface area contributed by atoms with Gasteiger partial charge in [-0.3, -0.25) is 0 Å². The SMILES string of the molecule is COc1ccc(CN=C(NCCc2ccco2)NC(C)(C)C)cc1. The molecule has 0 amide bonds. The summed E-state index contributed by atoms with van der Waals surface area (Å²) in [5, 5.41) is 6.77. The van der Waals surface area contributed by atoms with Crippen LogP contribution in [0.1, 0.15) is 32.1 Å². The molecule has 24 heavy (non-hydrogen) atoms. The average molecular weight is 329 g/mol. The molecule has 130 valence electrons. The van der Waals surface area contributed by atoms with E-state index >= 15 is 0 Å². The Morgan fingerprint density at radius 1 is 1.17 bits per heavy atom. The maximum absolute atomic E-state index is 5.36. The molecule has 0 spiro atoms. The van der Waals surface area contributed by atoms with Crippen LogP contribution in [0, 0.1) is 0 Å². The fourth-order valence-corrected chi connectivity index (χ4v) is 2.16. The van der Waals surface area contributed by atoms with E-state index in [9.17, 15) is 0 Å². The van der Waals surface area contributed by atoms with E-state index in [1.807, 2.05) is 36.4 Å². The van der Waals surface area contributed by atoms with Crippen molar-refractivity contribution in [3.05, 3.63) is 54.0 Å². The number of hydrogen-bond donors (Lipinski definition) is 2. The third kappa shape index (κ3) is 6.36. The van der Waals surface area contributed by atoms with Crippen molar-refractivity contribution in [1.29, 1.82) is 0 Å². The zero-order valence-electron chi connectivity index (χ0n) is 14.9. The summed E-state index contributed by atoms with van der Waals surface area (Å²) in [5.74, 6) is 2.62. The highest BCUT2D eigenvalue weighted by molar-refractivity contribution is 5.80. The van der Waals surface area contributed by atoms with Gasteiger partial charge in [-0.2, -0.15) is 0 Å². The largest absolute Gasteiger partial charge is 0.497 e. The molecule has 2 rings (SSSR count). The van der Waals surface area contributed by atoms with Crippen LogP contribution in [0.4, 0.5) is 0 Å². The van der Waals surface area contributed by atoms with Crippen LogP contribution >= 0.6 is 0 Å². The average Bonchev–Trinajstić information content (AvgIpc) is 3.05. The molecule has 1 aromatic heterocycles. The molecule has 2 N–H and O–H groups in total. The highest BCUT2D eigenvalue weighted by Gasteiger charge is 2.12. The molecule has 0 bridgehead atoms. The number of hydrogen-bond acceptors (Lipinski definition) is 3. The third-order valence-electron chi connectivity index (χ3n) is 3.32. The van der Waals surface area contributed by atoms with Crippen LogP contribution in [0.2, 0.25) is 0 Å². The van der Waals surface area contributed by atoms with Crippen molar-refractivity contribution in [2.24, 2.45) is 4.99 Å². The molecule has 0 atom stereocenters. The standard InChI is InChI=1S/C19H27N3O2/c1-19(2,3)22-18(20-12-11-17-6-5-13-24-17)21-14-15-7-9-16(23-4)10-8-15/h5-10,13H,11-12,14H2,1-4H3,(H2,20,21,22). The lowest BCUT2D eigenvalue weighted by molar-refractivity contribution is 0.414. The Kier molecular flexibility index (Phi) is 6.29. The van der Waals surface area contributed by atoms with Crippen molar-refractivity contribution in [2.75, 3.05) is 13.7 Å². The summed E-state index contributed by atoms with van der Waals surface area (Å²) in [6, 6.07) is 11.8. The second-order valence-corrected chi connectivity index (χ2v) is 6.64. The molecule has 0 unspecified atom stereocenters. The van der Waals surface area contributed by atoms with E-state index in [4.69, 9.17) is 9.15 Å². The third-order valence-corrected chi connectivity index (χ3v) is 3.32. The van der Waals surface area contributed by atoms with E-state index in [1.54, 1.807) is 13.4 Å². The Morgan fingerprint density at radius 3 is 2.50 bits per heavy atom. The second kappa shape index (κ2) is 8.43. The van der Waals surface area contributed by atoms with Gasteiger partial charge in [0, 0.05) is 18.5 Å². The Labute approximate surface area is 144 Å². The van der Waals surface area contributed by atoms with Gasteiger partial charge in [0.25, 0.3) is 0 Å². The van der Waals surface area contributed by atoms with Gasteiger partial charge in [0.15, 0.2) is 5.96 Å². The highest BCUT2D eigenvalue weighted by Crippen LogP contribution is 2.12. The second-order valence-electron chi connectivity index (χ2n) is 6.64. The fourth-order valence-electron chi connectivity index (χ4n) is 2.16. The molecule has 0 aliphatic rings. The van der Waals surface area contributed by atoms with Gasteiger partial charge in [-0.1, -0.05) is 12.1 Å². The molecular formula is C19H27N3O2. The van der Waals surface area contributed by atoms with Crippen molar-refractivity contribution in [3.8, 4) is 5.75 Å². The van der Waals surface area contributed by atoms with Gasteiger partial charge in [-0.15, -0.1) is 0 Å². The molecule has 5 nitrogen and oxygen atoms in total. The zero-order chi connectivity index (χ0) is 17.4. The normalized spacial score (nSPS) is 12.1. The maximum Gasteiger partial charge on any atom is 0.192 e. The molecule has 0 fully saturated rings. The molecule has 1 aromatic carbocycles. The van der Waals surface area contributed by atoms with Crippen molar-refractivity contribution in [3.63, 3.8) is 0 Å². The summed E-state index contributed by atoms with van der Waals surface area (Å²) in [6.07, 6.45) is 2.52. The van der Waals surface area contributed by atoms with Crippen molar-refractivity contribution in [1.82, 2.24) is 10.6 Å². The van der Waals surface area contributed by atoms with Crippen LogP contribution in [-0.2, 0) is 13.0 Å². The molecule has 0 aliphatic carbocycles.